The van der Waals surface area contributed by atoms with Crippen LogP contribution in [0, 0.1) is 11.6 Å². The maximum Gasteiger partial charge on any atom is 0.226 e. The summed E-state index contributed by atoms with van der Waals surface area (Å²) in [5.41, 5.74) is 6.06. The number of rotatable bonds is 14. The van der Waals surface area contributed by atoms with Gasteiger partial charge in [-0.3, -0.25) is 13.3 Å². The fourth-order valence-electron chi connectivity index (χ4n) is 8.13. The molecular formula is C55H49F2N15O2S. The fraction of sp³-hybridized carbons (Fsp3) is 0.164. The molecule has 0 aliphatic carbocycles. The maximum atomic E-state index is 13.7. The van der Waals surface area contributed by atoms with Crippen LogP contribution in [-0.4, -0.2) is 95.7 Å². The van der Waals surface area contributed by atoms with Crippen molar-refractivity contribution in [3.05, 3.63) is 193 Å². The molecule has 4 aromatic carbocycles. The predicted octanol–water partition coefficient (Wildman–Crippen LogP) is 9.77. The predicted molar refractivity (Wildman–Crippen MR) is 283 cm³/mol. The summed E-state index contributed by atoms with van der Waals surface area (Å²) >= 11 is 0. The first-order valence-corrected chi connectivity index (χ1v) is 25.5. The van der Waals surface area contributed by atoms with Crippen molar-refractivity contribution < 1.29 is 17.7 Å². The van der Waals surface area contributed by atoms with Gasteiger partial charge in [0.15, 0.2) is 0 Å². The van der Waals surface area contributed by atoms with E-state index in [9.17, 15) is 13.0 Å². The van der Waals surface area contributed by atoms with Gasteiger partial charge >= 0.3 is 0 Å². The molecule has 0 bridgehead atoms. The first-order valence-electron chi connectivity index (χ1n) is 24.0. The second-order valence-corrected chi connectivity index (χ2v) is 18.5. The van der Waals surface area contributed by atoms with Crippen LogP contribution in [0.1, 0.15) is 37.1 Å². The highest BCUT2D eigenvalue weighted by Crippen LogP contribution is 2.30. The van der Waals surface area contributed by atoms with Crippen LogP contribution in [0.5, 0.6) is 0 Å². The second kappa shape index (κ2) is 22.8. The van der Waals surface area contributed by atoms with Crippen LogP contribution in [0.15, 0.2) is 176 Å². The summed E-state index contributed by atoms with van der Waals surface area (Å²) in [6.07, 6.45) is 11.9. The van der Waals surface area contributed by atoms with Gasteiger partial charge in [-0.1, -0.05) is 60.7 Å². The Labute approximate surface area is 433 Å². The average molecular weight is 1020 g/mol. The molecule has 20 heteroatoms. The molecule has 10 aromatic rings. The summed E-state index contributed by atoms with van der Waals surface area (Å²) in [7, 11) is -1.34. The van der Waals surface area contributed by atoms with Crippen LogP contribution < -0.4 is 15.5 Å². The van der Waals surface area contributed by atoms with Gasteiger partial charge in [-0.05, 0) is 97.8 Å². The smallest absolute Gasteiger partial charge is 0.226 e. The molecule has 0 radical (unpaired) electrons. The Bertz CT molecular complexity index is 3540. The third-order valence-corrected chi connectivity index (χ3v) is 12.7. The van der Waals surface area contributed by atoms with Crippen LogP contribution in [0.3, 0.4) is 0 Å². The summed E-state index contributed by atoms with van der Waals surface area (Å²) in [6.45, 7) is 6.85. The Kier molecular flexibility index (Phi) is 15.1. The van der Waals surface area contributed by atoms with Crippen molar-refractivity contribution in [1.82, 2.24) is 59.0 Å². The Hall–Kier alpha value is -9.01. The standard InChI is InChI=1S/C29H27FN8O.C26H22FN7OS/c1-20(21-5-3-2-4-6-21)33-28-31-14-12-26(36-28)38-19-25(34-27(38)22-7-9-23(30)10-8-22)24-11-13-32-29(35-24)37-15-17-39-18-16-37;1-17(18-6-4-3-5-7-18)30-25-28-15-13-23(33-25)34-16-22(21-12-14-29-26(32-21)36(2)35)31-24(34)19-8-10-20(27)11-9-19/h2-14,19-20H,15-18H2,1H3,(H,31,33,36);3-17H,1-2H3,(H,28,30,33)/t20-;17-,36?/m00/s1. The zero-order valence-electron chi connectivity index (χ0n) is 40.9. The van der Waals surface area contributed by atoms with Gasteiger partial charge in [0.05, 0.1) is 47.5 Å². The zero-order valence-corrected chi connectivity index (χ0v) is 41.8. The van der Waals surface area contributed by atoms with Crippen LogP contribution in [0.2, 0.25) is 0 Å². The van der Waals surface area contributed by atoms with Gasteiger partial charge in [0.2, 0.25) is 23.0 Å². The molecule has 0 spiro atoms. The molecule has 0 saturated carbocycles. The fourth-order valence-corrected chi connectivity index (χ4v) is 8.57. The summed E-state index contributed by atoms with van der Waals surface area (Å²) < 4.78 is 48.4. The summed E-state index contributed by atoms with van der Waals surface area (Å²) in [5.74, 6) is 3.26. The zero-order chi connectivity index (χ0) is 51.7. The van der Waals surface area contributed by atoms with Crippen molar-refractivity contribution in [3.8, 4) is 57.2 Å². The molecule has 1 aliphatic heterocycles. The number of anilines is 3. The first kappa shape index (κ1) is 49.6. The molecule has 7 heterocycles. The topological polar surface area (TPSA) is 192 Å². The van der Waals surface area contributed by atoms with E-state index in [2.05, 4.69) is 59.5 Å². The van der Waals surface area contributed by atoms with Crippen LogP contribution in [-0.2, 0) is 15.5 Å². The number of ether oxygens (including phenoxy) is 1. The molecule has 11 rings (SSSR count). The Balaban J connectivity index is 0.000000172. The molecule has 1 aliphatic rings. The lowest BCUT2D eigenvalue weighted by molar-refractivity contribution is 0.122. The average Bonchev–Trinajstić information content (AvgIpc) is 4.12. The lowest BCUT2D eigenvalue weighted by Crippen LogP contribution is -2.37. The number of nitrogens with one attached hydrogen (secondary N) is 2. The van der Waals surface area contributed by atoms with E-state index >= 15 is 0 Å². The summed E-state index contributed by atoms with van der Waals surface area (Å²) in [6, 6.07) is 39.6. The normalized spacial score (nSPS) is 13.5. The molecule has 1 fully saturated rings. The van der Waals surface area contributed by atoms with E-state index in [0.717, 1.165) is 29.8 Å². The molecule has 6 aromatic heterocycles. The molecule has 1 saturated heterocycles. The molecule has 376 valence electrons. The number of hydrogen-bond donors (Lipinski definition) is 2. The molecular weight excluding hydrogens is 973 g/mol. The largest absolute Gasteiger partial charge is 0.378 e. The van der Waals surface area contributed by atoms with Gasteiger partial charge in [0, 0.05) is 67.7 Å². The lowest BCUT2D eigenvalue weighted by Gasteiger charge is -2.26. The molecule has 3 atom stereocenters. The number of morpholine rings is 1. The van der Waals surface area contributed by atoms with Crippen molar-refractivity contribution in [1.29, 1.82) is 0 Å². The van der Waals surface area contributed by atoms with Crippen LogP contribution >= 0.6 is 0 Å². The van der Waals surface area contributed by atoms with Gasteiger partial charge in [0.25, 0.3) is 0 Å². The van der Waals surface area contributed by atoms with Gasteiger partial charge in [0.1, 0.15) is 46.3 Å². The van der Waals surface area contributed by atoms with Crippen molar-refractivity contribution in [2.75, 3.05) is 48.1 Å². The van der Waals surface area contributed by atoms with E-state index in [1.165, 1.54) is 30.5 Å². The van der Waals surface area contributed by atoms with Crippen molar-refractivity contribution in [2.45, 2.75) is 31.1 Å². The minimum Gasteiger partial charge on any atom is -0.378 e. The van der Waals surface area contributed by atoms with Gasteiger partial charge in [-0.2, -0.15) is 9.97 Å². The first-order chi connectivity index (χ1) is 36.6. The monoisotopic (exact) mass is 1020 g/mol. The number of hydrogen-bond acceptors (Lipinski definition) is 15. The molecule has 17 nitrogen and oxygen atoms in total. The van der Waals surface area contributed by atoms with E-state index < -0.39 is 10.8 Å². The molecule has 1 unspecified atom stereocenters. The van der Waals surface area contributed by atoms with Crippen LogP contribution in [0.4, 0.5) is 26.6 Å². The van der Waals surface area contributed by atoms with E-state index in [1.807, 2.05) is 78.4 Å². The van der Waals surface area contributed by atoms with E-state index in [4.69, 9.17) is 29.7 Å². The number of imidazole rings is 2. The molecule has 0 amide bonds. The Morgan fingerprint density at radius 1 is 0.520 bits per heavy atom. The maximum absolute atomic E-state index is 13.7. The number of benzene rings is 4. The highest BCUT2D eigenvalue weighted by atomic mass is 32.2. The van der Waals surface area contributed by atoms with Crippen molar-refractivity contribution in [3.63, 3.8) is 0 Å². The van der Waals surface area contributed by atoms with Gasteiger partial charge in [-0.15, -0.1) is 0 Å². The minimum absolute atomic E-state index is 0.00859. The quantitative estimate of drug-likeness (QED) is 0.0978. The van der Waals surface area contributed by atoms with Crippen molar-refractivity contribution in [2.24, 2.45) is 0 Å². The minimum atomic E-state index is -1.34. The third-order valence-electron chi connectivity index (χ3n) is 12.0. The van der Waals surface area contributed by atoms with Gasteiger partial charge < -0.3 is 20.3 Å². The van der Waals surface area contributed by atoms with E-state index in [0.29, 0.717) is 82.7 Å². The highest BCUT2D eigenvalue weighted by molar-refractivity contribution is 7.84. The summed E-state index contributed by atoms with van der Waals surface area (Å²) in [4.78, 5) is 47.8. The lowest BCUT2D eigenvalue weighted by atomic mass is 10.1. The molecule has 75 heavy (non-hydrogen) atoms. The third kappa shape index (κ3) is 11.9. The van der Waals surface area contributed by atoms with Crippen molar-refractivity contribution >= 4 is 28.6 Å². The molecule has 2 N–H and O–H groups in total. The van der Waals surface area contributed by atoms with Crippen LogP contribution in [0.25, 0.3) is 57.2 Å². The van der Waals surface area contributed by atoms with Gasteiger partial charge in [-0.25, -0.2) is 48.7 Å². The summed E-state index contributed by atoms with van der Waals surface area (Å²) in [5, 5.41) is 6.93. The number of halogens is 2. The Morgan fingerprint density at radius 2 is 0.973 bits per heavy atom. The van der Waals surface area contributed by atoms with E-state index in [1.54, 1.807) is 71.9 Å². The second-order valence-electron chi connectivity index (χ2n) is 17.2. The Morgan fingerprint density at radius 3 is 1.45 bits per heavy atom. The highest BCUT2D eigenvalue weighted by Gasteiger charge is 2.21. The van der Waals surface area contributed by atoms with E-state index in [-0.39, 0.29) is 28.9 Å². The number of nitrogens with zero attached hydrogens (tertiary/aromatic N) is 13. The SMILES string of the molecule is C[C@H](Nc1nccc(-n2cc(-c3ccnc(N4CCOCC4)n3)nc2-c2ccc(F)cc2)n1)c1ccccc1.C[C@H](Nc1nccc(-n2cc(-c3ccnc(S(C)=O)n3)nc2-c2ccc(F)cc2)n1)c1ccccc1. The number of aromatic nitrogens is 12.